The van der Waals surface area contributed by atoms with Crippen molar-refractivity contribution in [2.75, 3.05) is 0 Å². The average Bonchev–Trinajstić information content (AvgIpc) is 2.97. The molecule has 112 valence electrons. The Hall–Kier alpha value is -1.12. The second-order valence-electron chi connectivity index (χ2n) is 6.06. The maximum absolute atomic E-state index is 3.82. The quantitative estimate of drug-likeness (QED) is 0.776. The van der Waals surface area contributed by atoms with Crippen molar-refractivity contribution in [1.82, 2.24) is 5.32 Å². The third-order valence-electron chi connectivity index (χ3n) is 4.50. The lowest BCUT2D eigenvalue weighted by molar-refractivity contribution is 0.460. The molecule has 1 N–H and O–H groups in total. The molecule has 1 nitrogen and oxygen atoms in total. The Kier molecular flexibility index (Phi) is 4.77. The third-order valence-corrected chi connectivity index (χ3v) is 5.92. The first-order valence-electron chi connectivity index (χ1n) is 8.20. The standard InChI is InChI=1S/C19H25NS/c1-3-17(15-9-5-4-6-10-15)20-14(2)19-13-16-11-7-8-12-18(16)21-19/h4-6,9-10,13-14,17,20H,3,7-8,11-12H2,1-2H3. The van der Waals surface area contributed by atoms with E-state index in [1.807, 2.05) is 11.3 Å². The summed E-state index contributed by atoms with van der Waals surface area (Å²) in [4.78, 5) is 3.15. The molecule has 21 heavy (non-hydrogen) atoms. The lowest BCUT2D eigenvalue weighted by atomic mass is 9.98. The van der Waals surface area contributed by atoms with Gasteiger partial charge in [0.05, 0.1) is 0 Å². The summed E-state index contributed by atoms with van der Waals surface area (Å²) in [6.07, 6.45) is 6.44. The maximum Gasteiger partial charge on any atom is 0.0391 e. The van der Waals surface area contributed by atoms with Crippen LogP contribution in [0.15, 0.2) is 36.4 Å². The highest BCUT2D eigenvalue weighted by Crippen LogP contribution is 2.34. The van der Waals surface area contributed by atoms with Crippen molar-refractivity contribution in [3.8, 4) is 0 Å². The second kappa shape index (κ2) is 6.76. The zero-order valence-electron chi connectivity index (χ0n) is 13.1. The molecule has 1 heterocycles. The van der Waals surface area contributed by atoms with Crippen molar-refractivity contribution >= 4 is 11.3 Å². The van der Waals surface area contributed by atoms with Crippen LogP contribution in [0.3, 0.4) is 0 Å². The number of fused-ring (bicyclic) bond motifs is 1. The summed E-state index contributed by atoms with van der Waals surface area (Å²) in [6.45, 7) is 4.57. The van der Waals surface area contributed by atoms with Crippen LogP contribution < -0.4 is 5.32 Å². The van der Waals surface area contributed by atoms with Crippen LogP contribution in [0.2, 0.25) is 0 Å². The summed E-state index contributed by atoms with van der Waals surface area (Å²) in [7, 11) is 0. The van der Waals surface area contributed by atoms with Crippen LogP contribution in [-0.4, -0.2) is 0 Å². The molecule has 0 aliphatic heterocycles. The highest BCUT2D eigenvalue weighted by molar-refractivity contribution is 7.12. The molecule has 1 aromatic carbocycles. The minimum absolute atomic E-state index is 0.436. The molecule has 0 radical (unpaired) electrons. The fourth-order valence-corrected chi connectivity index (χ4v) is 4.52. The van der Waals surface area contributed by atoms with Crippen LogP contribution in [0.1, 0.15) is 66.1 Å². The highest BCUT2D eigenvalue weighted by atomic mass is 32.1. The molecule has 1 aliphatic rings. The van der Waals surface area contributed by atoms with Gasteiger partial charge in [0.25, 0.3) is 0 Å². The van der Waals surface area contributed by atoms with Crippen LogP contribution in [0, 0.1) is 0 Å². The van der Waals surface area contributed by atoms with Gasteiger partial charge in [-0.05, 0) is 56.2 Å². The van der Waals surface area contributed by atoms with E-state index in [0.29, 0.717) is 12.1 Å². The Morgan fingerprint density at radius 2 is 1.90 bits per heavy atom. The monoisotopic (exact) mass is 299 g/mol. The first-order chi connectivity index (χ1) is 10.3. The fourth-order valence-electron chi connectivity index (χ4n) is 3.25. The maximum atomic E-state index is 3.82. The zero-order valence-corrected chi connectivity index (χ0v) is 13.9. The average molecular weight is 299 g/mol. The first kappa shape index (κ1) is 14.8. The molecule has 2 atom stereocenters. The van der Waals surface area contributed by atoms with Gasteiger partial charge in [-0.3, -0.25) is 0 Å². The van der Waals surface area contributed by atoms with Crippen LogP contribution in [0.25, 0.3) is 0 Å². The molecule has 1 aromatic heterocycles. The number of rotatable bonds is 5. The predicted octanol–water partition coefficient (Wildman–Crippen LogP) is 5.43. The SMILES string of the molecule is CCC(NC(C)c1cc2c(s1)CCCC2)c1ccccc1. The summed E-state index contributed by atoms with van der Waals surface area (Å²) in [5.41, 5.74) is 3.01. The minimum atomic E-state index is 0.436. The van der Waals surface area contributed by atoms with Gasteiger partial charge in [0, 0.05) is 21.8 Å². The van der Waals surface area contributed by atoms with Crippen LogP contribution in [0.5, 0.6) is 0 Å². The van der Waals surface area contributed by atoms with Crippen molar-refractivity contribution in [3.63, 3.8) is 0 Å². The van der Waals surface area contributed by atoms with Crippen molar-refractivity contribution in [1.29, 1.82) is 0 Å². The molecular formula is C19H25NS. The van der Waals surface area contributed by atoms with E-state index in [0.717, 1.165) is 6.42 Å². The molecule has 1 aliphatic carbocycles. The summed E-state index contributed by atoms with van der Waals surface area (Å²) in [6, 6.07) is 14.1. The molecule has 2 heteroatoms. The third kappa shape index (κ3) is 3.38. The van der Waals surface area contributed by atoms with Crippen LogP contribution >= 0.6 is 11.3 Å². The number of aryl methyl sites for hydroxylation is 2. The summed E-state index contributed by atoms with van der Waals surface area (Å²) in [5.74, 6) is 0. The molecule has 0 spiro atoms. The zero-order chi connectivity index (χ0) is 14.7. The van der Waals surface area contributed by atoms with Gasteiger partial charge in [-0.25, -0.2) is 0 Å². The van der Waals surface area contributed by atoms with Crippen LogP contribution in [0.4, 0.5) is 0 Å². The van der Waals surface area contributed by atoms with Crippen LogP contribution in [-0.2, 0) is 12.8 Å². The number of nitrogens with one attached hydrogen (secondary N) is 1. The smallest absolute Gasteiger partial charge is 0.0391 e. The van der Waals surface area contributed by atoms with Gasteiger partial charge in [-0.2, -0.15) is 0 Å². The first-order valence-corrected chi connectivity index (χ1v) is 9.02. The van der Waals surface area contributed by atoms with Gasteiger partial charge in [-0.1, -0.05) is 37.3 Å². The van der Waals surface area contributed by atoms with E-state index in [2.05, 4.69) is 55.6 Å². The highest BCUT2D eigenvalue weighted by Gasteiger charge is 2.19. The van der Waals surface area contributed by atoms with Gasteiger partial charge in [-0.15, -0.1) is 11.3 Å². The van der Waals surface area contributed by atoms with Crippen molar-refractivity contribution in [2.45, 2.75) is 58.0 Å². The molecule has 0 fully saturated rings. The summed E-state index contributed by atoms with van der Waals surface area (Å²) >= 11 is 2.03. The lowest BCUT2D eigenvalue weighted by Gasteiger charge is -2.22. The molecule has 0 bridgehead atoms. The number of hydrogen-bond acceptors (Lipinski definition) is 2. The van der Waals surface area contributed by atoms with Crippen molar-refractivity contribution in [2.24, 2.45) is 0 Å². The summed E-state index contributed by atoms with van der Waals surface area (Å²) < 4.78 is 0. The van der Waals surface area contributed by atoms with Gasteiger partial charge in [0.2, 0.25) is 0 Å². The van der Waals surface area contributed by atoms with E-state index in [9.17, 15) is 0 Å². The Balaban J connectivity index is 1.72. The minimum Gasteiger partial charge on any atom is -0.303 e. The normalized spacial score (nSPS) is 17.2. The molecule has 0 amide bonds. The van der Waals surface area contributed by atoms with Gasteiger partial charge < -0.3 is 5.32 Å². The number of benzene rings is 1. The Bertz CT molecular complexity index is 549. The van der Waals surface area contributed by atoms with Gasteiger partial charge >= 0.3 is 0 Å². The van der Waals surface area contributed by atoms with Gasteiger partial charge in [0.15, 0.2) is 0 Å². The van der Waals surface area contributed by atoms with E-state index in [-0.39, 0.29) is 0 Å². The molecule has 3 rings (SSSR count). The van der Waals surface area contributed by atoms with E-state index in [1.165, 1.54) is 36.1 Å². The molecule has 0 saturated carbocycles. The fraction of sp³-hybridized carbons (Fsp3) is 0.474. The summed E-state index contributed by atoms with van der Waals surface area (Å²) in [5, 5.41) is 3.82. The van der Waals surface area contributed by atoms with Gasteiger partial charge in [0.1, 0.15) is 0 Å². The molecule has 2 aromatic rings. The van der Waals surface area contributed by atoms with Crippen molar-refractivity contribution < 1.29 is 0 Å². The van der Waals surface area contributed by atoms with E-state index in [4.69, 9.17) is 0 Å². The Morgan fingerprint density at radius 3 is 2.62 bits per heavy atom. The van der Waals surface area contributed by atoms with Crippen molar-refractivity contribution in [3.05, 3.63) is 57.3 Å². The second-order valence-corrected chi connectivity index (χ2v) is 7.23. The molecular weight excluding hydrogens is 274 g/mol. The Labute approximate surface area is 132 Å². The topological polar surface area (TPSA) is 12.0 Å². The lowest BCUT2D eigenvalue weighted by Crippen LogP contribution is -2.23. The predicted molar refractivity (Wildman–Crippen MR) is 92.0 cm³/mol. The number of thiophene rings is 1. The van der Waals surface area contributed by atoms with E-state index in [1.54, 1.807) is 10.4 Å². The van der Waals surface area contributed by atoms with E-state index >= 15 is 0 Å². The Morgan fingerprint density at radius 1 is 1.14 bits per heavy atom. The number of hydrogen-bond donors (Lipinski definition) is 1. The largest absolute Gasteiger partial charge is 0.303 e. The molecule has 2 unspecified atom stereocenters. The molecule has 0 saturated heterocycles. The van der Waals surface area contributed by atoms with E-state index < -0.39 is 0 Å².